The van der Waals surface area contributed by atoms with Crippen molar-refractivity contribution in [3.05, 3.63) is 52.0 Å². The van der Waals surface area contributed by atoms with E-state index in [4.69, 9.17) is 33.7 Å². The number of halogens is 2. The van der Waals surface area contributed by atoms with Crippen molar-refractivity contribution in [3.63, 3.8) is 0 Å². The maximum absolute atomic E-state index is 5.97. The van der Waals surface area contributed by atoms with Gasteiger partial charge in [-0.05, 0) is 29.7 Å². The number of anilines is 1. The molecule has 2 aromatic rings. The molecule has 0 bridgehead atoms. The Labute approximate surface area is 123 Å². The maximum atomic E-state index is 5.97. The summed E-state index contributed by atoms with van der Waals surface area (Å²) in [4.78, 5) is 0. The van der Waals surface area contributed by atoms with Gasteiger partial charge in [0.15, 0.2) is 5.75 Å². The molecule has 0 saturated carbocycles. The number of ether oxygens (including phenoxy) is 1. The fraction of sp³-hybridized carbons (Fsp3) is 0.200. The average Bonchev–Trinajstić information content (AvgIpc) is 2.36. The standard InChI is InChI=1S/C15H15Cl2NO/c1-9(2)10-4-3-5-11(6-10)19-15-8-13(17)12(16)7-14(15)18/h3-9H,18H2,1-2H3. The third-order valence-electron chi connectivity index (χ3n) is 2.81. The molecule has 2 nitrogen and oxygen atoms in total. The minimum Gasteiger partial charge on any atom is -0.455 e. The molecule has 0 aliphatic rings. The number of rotatable bonds is 3. The number of hydrogen-bond acceptors (Lipinski definition) is 2. The molecule has 2 N–H and O–H groups in total. The van der Waals surface area contributed by atoms with Gasteiger partial charge in [0.05, 0.1) is 15.7 Å². The molecule has 0 unspecified atom stereocenters. The van der Waals surface area contributed by atoms with E-state index in [1.165, 1.54) is 5.56 Å². The highest BCUT2D eigenvalue weighted by Crippen LogP contribution is 2.35. The Morgan fingerprint density at radius 1 is 1.05 bits per heavy atom. The predicted molar refractivity (Wildman–Crippen MR) is 81.5 cm³/mol. The normalized spacial score (nSPS) is 10.8. The summed E-state index contributed by atoms with van der Waals surface area (Å²) in [6.07, 6.45) is 0. The molecule has 2 aromatic carbocycles. The number of benzene rings is 2. The molecule has 0 amide bonds. The molecular weight excluding hydrogens is 281 g/mol. The van der Waals surface area contributed by atoms with E-state index in [1.54, 1.807) is 12.1 Å². The zero-order valence-electron chi connectivity index (χ0n) is 10.8. The van der Waals surface area contributed by atoms with Crippen LogP contribution in [-0.4, -0.2) is 0 Å². The van der Waals surface area contributed by atoms with Gasteiger partial charge in [-0.3, -0.25) is 0 Å². The van der Waals surface area contributed by atoms with Crippen LogP contribution in [0.2, 0.25) is 10.0 Å². The molecule has 0 atom stereocenters. The molecule has 0 aromatic heterocycles. The summed E-state index contributed by atoms with van der Waals surface area (Å²) in [5, 5.41) is 0.841. The lowest BCUT2D eigenvalue weighted by atomic mass is 10.0. The van der Waals surface area contributed by atoms with Crippen LogP contribution < -0.4 is 10.5 Å². The fourth-order valence-electron chi connectivity index (χ4n) is 1.70. The molecule has 100 valence electrons. The van der Waals surface area contributed by atoms with Crippen molar-refractivity contribution in [1.29, 1.82) is 0 Å². The number of nitrogens with two attached hydrogens (primary N) is 1. The summed E-state index contributed by atoms with van der Waals surface area (Å²) in [7, 11) is 0. The van der Waals surface area contributed by atoms with Gasteiger partial charge in [0.25, 0.3) is 0 Å². The van der Waals surface area contributed by atoms with Crippen molar-refractivity contribution in [1.82, 2.24) is 0 Å². The number of nitrogen functional groups attached to an aromatic ring is 1. The van der Waals surface area contributed by atoms with Gasteiger partial charge in [-0.25, -0.2) is 0 Å². The molecule has 19 heavy (non-hydrogen) atoms. The van der Waals surface area contributed by atoms with Crippen LogP contribution in [0.15, 0.2) is 36.4 Å². The van der Waals surface area contributed by atoms with Crippen LogP contribution in [0, 0.1) is 0 Å². The quantitative estimate of drug-likeness (QED) is 0.760. The highest BCUT2D eigenvalue weighted by Gasteiger charge is 2.08. The zero-order chi connectivity index (χ0) is 14.0. The number of hydrogen-bond donors (Lipinski definition) is 1. The monoisotopic (exact) mass is 295 g/mol. The molecule has 0 radical (unpaired) electrons. The first-order valence-electron chi connectivity index (χ1n) is 5.99. The lowest BCUT2D eigenvalue weighted by molar-refractivity contribution is 0.484. The van der Waals surface area contributed by atoms with Crippen LogP contribution >= 0.6 is 23.2 Å². The Morgan fingerprint density at radius 2 is 1.74 bits per heavy atom. The second-order valence-corrected chi connectivity index (χ2v) is 5.45. The van der Waals surface area contributed by atoms with Crippen molar-refractivity contribution in [2.75, 3.05) is 5.73 Å². The van der Waals surface area contributed by atoms with E-state index in [0.717, 1.165) is 5.75 Å². The summed E-state index contributed by atoms with van der Waals surface area (Å²) < 4.78 is 5.77. The summed E-state index contributed by atoms with van der Waals surface area (Å²) >= 11 is 11.9. The highest BCUT2D eigenvalue weighted by atomic mass is 35.5. The molecule has 0 fully saturated rings. The Kier molecular flexibility index (Phi) is 4.23. The topological polar surface area (TPSA) is 35.2 Å². The Hall–Kier alpha value is -1.38. The van der Waals surface area contributed by atoms with Gasteiger partial charge in [-0.2, -0.15) is 0 Å². The minimum absolute atomic E-state index is 0.419. The minimum atomic E-state index is 0.419. The van der Waals surface area contributed by atoms with Crippen LogP contribution in [0.3, 0.4) is 0 Å². The predicted octanol–water partition coefficient (Wildman–Crippen LogP) is 5.49. The van der Waals surface area contributed by atoms with Gasteiger partial charge in [0.2, 0.25) is 0 Å². The zero-order valence-corrected chi connectivity index (χ0v) is 12.3. The van der Waals surface area contributed by atoms with Gasteiger partial charge < -0.3 is 10.5 Å². The van der Waals surface area contributed by atoms with E-state index in [9.17, 15) is 0 Å². The van der Waals surface area contributed by atoms with Crippen LogP contribution in [0.4, 0.5) is 5.69 Å². The summed E-state index contributed by atoms with van der Waals surface area (Å²) in [5.41, 5.74) is 7.53. The van der Waals surface area contributed by atoms with Gasteiger partial charge in [-0.1, -0.05) is 49.2 Å². The fourth-order valence-corrected chi connectivity index (χ4v) is 2.02. The average molecular weight is 296 g/mol. The van der Waals surface area contributed by atoms with Crippen LogP contribution in [0.5, 0.6) is 11.5 Å². The Morgan fingerprint density at radius 3 is 2.42 bits per heavy atom. The lowest BCUT2D eigenvalue weighted by Crippen LogP contribution is -1.94. The third-order valence-corrected chi connectivity index (χ3v) is 3.53. The molecule has 2 rings (SSSR count). The van der Waals surface area contributed by atoms with Crippen molar-refractivity contribution in [2.24, 2.45) is 0 Å². The van der Waals surface area contributed by atoms with Crippen molar-refractivity contribution in [2.45, 2.75) is 19.8 Å². The second kappa shape index (κ2) is 5.72. The van der Waals surface area contributed by atoms with Gasteiger partial charge in [-0.15, -0.1) is 0 Å². The lowest BCUT2D eigenvalue weighted by Gasteiger charge is -2.12. The molecule has 0 aliphatic carbocycles. The third kappa shape index (κ3) is 3.34. The van der Waals surface area contributed by atoms with E-state index in [-0.39, 0.29) is 0 Å². The van der Waals surface area contributed by atoms with E-state index >= 15 is 0 Å². The molecular formula is C15H15Cl2NO. The second-order valence-electron chi connectivity index (χ2n) is 4.63. The maximum Gasteiger partial charge on any atom is 0.151 e. The SMILES string of the molecule is CC(C)c1cccc(Oc2cc(Cl)c(Cl)cc2N)c1. The smallest absolute Gasteiger partial charge is 0.151 e. The van der Waals surface area contributed by atoms with Crippen molar-refractivity contribution < 1.29 is 4.74 Å². The molecule has 0 aliphatic heterocycles. The van der Waals surface area contributed by atoms with Gasteiger partial charge >= 0.3 is 0 Å². The first kappa shape index (κ1) is 14.0. The Bertz CT molecular complexity index is 597. The van der Waals surface area contributed by atoms with Crippen LogP contribution in [0.1, 0.15) is 25.3 Å². The van der Waals surface area contributed by atoms with Crippen molar-refractivity contribution in [3.8, 4) is 11.5 Å². The van der Waals surface area contributed by atoms with Gasteiger partial charge in [0.1, 0.15) is 5.75 Å². The molecule has 0 spiro atoms. The summed E-state index contributed by atoms with van der Waals surface area (Å²) in [6, 6.07) is 11.1. The van der Waals surface area contributed by atoms with E-state index in [2.05, 4.69) is 19.9 Å². The summed E-state index contributed by atoms with van der Waals surface area (Å²) in [6.45, 7) is 4.26. The first-order chi connectivity index (χ1) is 8.97. The highest BCUT2D eigenvalue weighted by molar-refractivity contribution is 6.42. The Balaban J connectivity index is 2.31. The molecule has 0 heterocycles. The first-order valence-corrected chi connectivity index (χ1v) is 6.75. The van der Waals surface area contributed by atoms with Crippen LogP contribution in [-0.2, 0) is 0 Å². The molecule has 4 heteroatoms. The van der Waals surface area contributed by atoms with Gasteiger partial charge in [0, 0.05) is 6.07 Å². The van der Waals surface area contributed by atoms with E-state index in [0.29, 0.717) is 27.4 Å². The molecule has 0 saturated heterocycles. The van der Waals surface area contributed by atoms with Crippen LogP contribution in [0.25, 0.3) is 0 Å². The van der Waals surface area contributed by atoms with E-state index in [1.807, 2.05) is 18.2 Å². The largest absolute Gasteiger partial charge is 0.455 e. The van der Waals surface area contributed by atoms with E-state index < -0.39 is 0 Å². The summed E-state index contributed by atoms with van der Waals surface area (Å²) in [5.74, 6) is 1.68. The van der Waals surface area contributed by atoms with Crippen molar-refractivity contribution >= 4 is 28.9 Å².